The Balaban J connectivity index is 3.21. The number of benzene rings is 1. The van der Waals surface area contributed by atoms with Crippen LogP contribution in [0.4, 0.5) is 0 Å². The molecule has 1 aromatic rings. The van der Waals surface area contributed by atoms with Gasteiger partial charge in [-0.15, -0.1) is 11.6 Å². The number of esters is 1. The summed E-state index contributed by atoms with van der Waals surface area (Å²) in [6.07, 6.45) is 0. The molecule has 1 aromatic carbocycles. The molecule has 3 nitrogen and oxygen atoms in total. The third-order valence-electron chi connectivity index (χ3n) is 2.24. The smallest absolute Gasteiger partial charge is 0.338 e. The van der Waals surface area contributed by atoms with Crippen molar-refractivity contribution in [1.29, 1.82) is 5.26 Å². The van der Waals surface area contributed by atoms with Crippen molar-refractivity contribution in [2.24, 2.45) is 0 Å². The number of hydrogen-bond donors (Lipinski definition) is 0. The van der Waals surface area contributed by atoms with Crippen LogP contribution in [0.5, 0.6) is 0 Å². The molecule has 0 spiro atoms. The van der Waals surface area contributed by atoms with Gasteiger partial charge in [0.2, 0.25) is 0 Å². The number of aryl methyl sites for hydroxylation is 1. The highest BCUT2D eigenvalue weighted by atomic mass is 35.5. The van der Waals surface area contributed by atoms with Gasteiger partial charge in [0, 0.05) is 5.88 Å². The predicted molar refractivity (Wildman–Crippen MR) is 61.4 cm³/mol. The quantitative estimate of drug-likeness (QED) is 0.600. The average Bonchev–Trinajstić information content (AvgIpc) is 2.28. The molecule has 0 aliphatic heterocycles. The Labute approximate surface area is 99.6 Å². The van der Waals surface area contributed by atoms with Crippen LogP contribution in [0.2, 0.25) is 0 Å². The first kappa shape index (κ1) is 12.5. The van der Waals surface area contributed by atoms with Crippen LogP contribution in [0.15, 0.2) is 12.1 Å². The maximum Gasteiger partial charge on any atom is 0.338 e. The number of carbonyl (C=O) groups is 1. The normalized spacial score (nSPS) is 9.62. The van der Waals surface area contributed by atoms with Crippen LogP contribution in [0.3, 0.4) is 0 Å². The number of nitrogens with zero attached hydrogens (tertiary/aromatic N) is 1. The van der Waals surface area contributed by atoms with Gasteiger partial charge >= 0.3 is 5.97 Å². The van der Waals surface area contributed by atoms with E-state index in [1.165, 1.54) is 6.07 Å². The van der Waals surface area contributed by atoms with E-state index in [-0.39, 0.29) is 5.88 Å². The van der Waals surface area contributed by atoms with Crippen molar-refractivity contribution < 1.29 is 9.53 Å². The van der Waals surface area contributed by atoms with Gasteiger partial charge in [-0.1, -0.05) is 0 Å². The van der Waals surface area contributed by atoms with Gasteiger partial charge < -0.3 is 4.74 Å². The van der Waals surface area contributed by atoms with Gasteiger partial charge in [-0.05, 0) is 37.1 Å². The molecule has 0 heterocycles. The zero-order valence-electron chi connectivity index (χ0n) is 9.21. The van der Waals surface area contributed by atoms with E-state index in [2.05, 4.69) is 0 Å². The molecule has 1 rings (SSSR count). The van der Waals surface area contributed by atoms with Crippen molar-refractivity contribution in [3.63, 3.8) is 0 Å². The molecule has 0 unspecified atom stereocenters. The molecular formula is C12H12ClNO2. The van der Waals surface area contributed by atoms with Gasteiger partial charge in [0.15, 0.2) is 0 Å². The summed E-state index contributed by atoms with van der Waals surface area (Å²) in [6.45, 7) is 3.88. The van der Waals surface area contributed by atoms with E-state index < -0.39 is 5.97 Å². The number of alkyl halides is 1. The molecule has 0 aromatic heterocycles. The van der Waals surface area contributed by atoms with Gasteiger partial charge in [0.05, 0.1) is 23.8 Å². The number of nitriles is 1. The predicted octanol–water partition coefficient (Wildman–Crippen LogP) is 2.78. The summed E-state index contributed by atoms with van der Waals surface area (Å²) >= 11 is 5.74. The van der Waals surface area contributed by atoms with E-state index in [9.17, 15) is 4.79 Å². The summed E-state index contributed by atoms with van der Waals surface area (Å²) in [5.41, 5.74) is 2.41. The Hall–Kier alpha value is -1.53. The Morgan fingerprint density at radius 2 is 2.25 bits per heavy atom. The molecular weight excluding hydrogens is 226 g/mol. The van der Waals surface area contributed by atoms with Crippen LogP contribution < -0.4 is 0 Å². The third kappa shape index (κ3) is 2.53. The zero-order chi connectivity index (χ0) is 12.1. The highest BCUT2D eigenvalue weighted by Crippen LogP contribution is 2.19. The highest BCUT2D eigenvalue weighted by Gasteiger charge is 2.12. The first-order chi connectivity index (χ1) is 7.63. The average molecular weight is 238 g/mol. The number of hydrogen-bond acceptors (Lipinski definition) is 3. The summed E-state index contributed by atoms with van der Waals surface area (Å²) in [5, 5.41) is 8.95. The Morgan fingerprint density at radius 3 is 2.75 bits per heavy atom. The van der Waals surface area contributed by atoms with Crippen molar-refractivity contribution in [1.82, 2.24) is 0 Å². The molecule has 0 saturated carbocycles. The van der Waals surface area contributed by atoms with E-state index in [1.807, 2.05) is 13.0 Å². The molecule has 0 saturated heterocycles. The number of halogens is 1. The van der Waals surface area contributed by atoms with Crippen LogP contribution in [0.25, 0.3) is 0 Å². The second-order valence-corrected chi connectivity index (χ2v) is 3.55. The van der Waals surface area contributed by atoms with E-state index >= 15 is 0 Å². The van der Waals surface area contributed by atoms with Crippen molar-refractivity contribution in [2.75, 3.05) is 6.61 Å². The summed E-state index contributed by atoms with van der Waals surface area (Å²) in [5.74, 6) is -0.152. The van der Waals surface area contributed by atoms with Crippen molar-refractivity contribution in [3.05, 3.63) is 34.4 Å². The molecule has 0 atom stereocenters. The molecule has 4 heteroatoms. The Bertz CT molecular complexity index is 449. The molecule has 0 amide bonds. The minimum Gasteiger partial charge on any atom is -0.462 e. The molecule has 16 heavy (non-hydrogen) atoms. The van der Waals surface area contributed by atoms with Crippen LogP contribution in [-0.2, 0) is 10.6 Å². The van der Waals surface area contributed by atoms with Gasteiger partial charge in [-0.3, -0.25) is 0 Å². The molecule has 0 aliphatic rings. The maximum absolute atomic E-state index is 11.5. The lowest BCUT2D eigenvalue weighted by molar-refractivity contribution is 0.0526. The zero-order valence-corrected chi connectivity index (χ0v) is 9.97. The standard InChI is InChI=1S/C12H12ClNO2/c1-3-16-12(15)9-4-8(2)11(6-13)10(5-9)7-14/h4-5H,3,6H2,1-2H3. The van der Waals surface area contributed by atoms with Crippen molar-refractivity contribution >= 4 is 17.6 Å². The summed E-state index contributed by atoms with van der Waals surface area (Å²) < 4.78 is 4.87. The summed E-state index contributed by atoms with van der Waals surface area (Å²) in [7, 11) is 0. The van der Waals surface area contributed by atoms with E-state index in [1.54, 1.807) is 13.0 Å². The maximum atomic E-state index is 11.5. The molecule has 0 radical (unpaired) electrons. The lowest BCUT2D eigenvalue weighted by Gasteiger charge is -2.08. The molecule has 0 N–H and O–H groups in total. The number of ether oxygens (including phenoxy) is 1. The molecule has 0 fully saturated rings. The second kappa shape index (κ2) is 5.53. The fourth-order valence-electron chi connectivity index (χ4n) is 1.43. The second-order valence-electron chi connectivity index (χ2n) is 3.29. The third-order valence-corrected chi connectivity index (χ3v) is 2.51. The highest BCUT2D eigenvalue weighted by molar-refractivity contribution is 6.17. The molecule has 84 valence electrons. The van der Waals surface area contributed by atoms with Crippen LogP contribution >= 0.6 is 11.6 Å². The van der Waals surface area contributed by atoms with Crippen LogP contribution in [-0.4, -0.2) is 12.6 Å². The largest absolute Gasteiger partial charge is 0.462 e. The van der Waals surface area contributed by atoms with Gasteiger partial charge in [0.1, 0.15) is 0 Å². The topological polar surface area (TPSA) is 50.1 Å². The van der Waals surface area contributed by atoms with Gasteiger partial charge in [-0.2, -0.15) is 5.26 Å². The lowest BCUT2D eigenvalue weighted by atomic mass is 10.0. The van der Waals surface area contributed by atoms with E-state index in [4.69, 9.17) is 21.6 Å². The monoisotopic (exact) mass is 237 g/mol. The summed E-state index contributed by atoms with van der Waals surface area (Å²) in [4.78, 5) is 11.5. The van der Waals surface area contributed by atoms with Gasteiger partial charge in [-0.25, -0.2) is 4.79 Å². The molecule has 0 aliphatic carbocycles. The van der Waals surface area contributed by atoms with Crippen LogP contribution in [0, 0.1) is 18.3 Å². The number of carbonyl (C=O) groups excluding carboxylic acids is 1. The first-order valence-electron chi connectivity index (χ1n) is 4.90. The van der Waals surface area contributed by atoms with Gasteiger partial charge in [0.25, 0.3) is 0 Å². The SMILES string of the molecule is CCOC(=O)c1cc(C)c(CCl)c(C#N)c1. The van der Waals surface area contributed by atoms with E-state index in [0.29, 0.717) is 17.7 Å². The Kier molecular flexibility index (Phi) is 4.33. The van der Waals surface area contributed by atoms with Crippen molar-refractivity contribution in [2.45, 2.75) is 19.7 Å². The lowest BCUT2D eigenvalue weighted by Crippen LogP contribution is -2.06. The fraction of sp³-hybridized carbons (Fsp3) is 0.333. The van der Waals surface area contributed by atoms with E-state index in [0.717, 1.165) is 11.1 Å². The minimum absolute atomic E-state index is 0.262. The van der Waals surface area contributed by atoms with Crippen molar-refractivity contribution in [3.8, 4) is 6.07 Å². The fourth-order valence-corrected chi connectivity index (χ4v) is 1.78. The minimum atomic E-state index is -0.414. The first-order valence-corrected chi connectivity index (χ1v) is 5.44. The van der Waals surface area contributed by atoms with Crippen LogP contribution in [0.1, 0.15) is 34.0 Å². The number of rotatable bonds is 3. The summed E-state index contributed by atoms with van der Waals surface area (Å²) in [6, 6.07) is 5.24. The Morgan fingerprint density at radius 1 is 1.56 bits per heavy atom. The molecule has 0 bridgehead atoms.